The molecule has 0 radical (unpaired) electrons. The number of pyridine rings is 1. The third kappa shape index (κ3) is 3.21. The minimum Gasteiger partial charge on any atom is -0.341 e. The number of carbonyl (C=O) groups is 1. The number of nitrogens with one attached hydrogen (secondary N) is 1. The average molecular weight is 242 g/mol. The molecule has 1 rings (SSSR count). The summed E-state index contributed by atoms with van der Waals surface area (Å²) < 4.78 is 38.0. The highest BCUT2D eigenvalue weighted by molar-refractivity contribution is 5.95. The third-order valence-electron chi connectivity index (χ3n) is 1.94. The lowest BCUT2D eigenvalue weighted by Gasteiger charge is -2.12. The highest BCUT2D eigenvalue weighted by atomic mass is 19.4. The second-order valence-electron chi connectivity index (χ2n) is 3.26. The second-order valence-corrected chi connectivity index (χ2v) is 3.26. The molecule has 0 unspecified atom stereocenters. The molecule has 0 saturated heterocycles. The standard InChI is InChI=1S/C11H9F3N2O/c1-3-4-15-10(17)8-6-16-7(2)5-9(8)11(12,13)14/h1,5-6H,4H2,2H3,(H,15,17). The molecule has 1 N–H and O–H groups in total. The quantitative estimate of drug-likeness (QED) is 0.803. The first kappa shape index (κ1) is 13.0. The normalized spacial score (nSPS) is 10.8. The lowest BCUT2D eigenvalue weighted by molar-refractivity contribution is -0.138. The predicted octanol–water partition coefficient (Wildman–Crippen LogP) is 1.77. The zero-order valence-electron chi connectivity index (χ0n) is 8.93. The molecule has 3 nitrogen and oxygen atoms in total. The molecule has 1 aromatic rings. The first-order chi connectivity index (χ1) is 7.86. The topological polar surface area (TPSA) is 42.0 Å². The van der Waals surface area contributed by atoms with Crippen LogP contribution in [0.4, 0.5) is 13.2 Å². The largest absolute Gasteiger partial charge is 0.417 e. The van der Waals surface area contributed by atoms with Gasteiger partial charge in [0, 0.05) is 11.9 Å². The van der Waals surface area contributed by atoms with Gasteiger partial charge in [-0.1, -0.05) is 5.92 Å². The molecular formula is C11H9F3N2O. The molecule has 17 heavy (non-hydrogen) atoms. The van der Waals surface area contributed by atoms with Crippen LogP contribution in [-0.2, 0) is 6.18 Å². The van der Waals surface area contributed by atoms with Crippen molar-refractivity contribution in [3.8, 4) is 12.3 Å². The maximum Gasteiger partial charge on any atom is 0.417 e. The molecule has 1 aromatic heterocycles. The maximum absolute atomic E-state index is 12.7. The van der Waals surface area contributed by atoms with Crippen LogP contribution in [0.25, 0.3) is 0 Å². The van der Waals surface area contributed by atoms with Crippen molar-refractivity contribution in [2.45, 2.75) is 13.1 Å². The van der Waals surface area contributed by atoms with Gasteiger partial charge in [0.2, 0.25) is 0 Å². The van der Waals surface area contributed by atoms with Gasteiger partial charge in [-0.25, -0.2) is 0 Å². The SMILES string of the molecule is C#CCNC(=O)c1cnc(C)cc1C(F)(F)F. The van der Waals surface area contributed by atoms with Crippen LogP contribution in [-0.4, -0.2) is 17.4 Å². The number of carbonyl (C=O) groups excluding carboxylic acids is 1. The molecule has 0 fully saturated rings. The smallest absolute Gasteiger partial charge is 0.341 e. The highest BCUT2D eigenvalue weighted by Gasteiger charge is 2.35. The van der Waals surface area contributed by atoms with E-state index in [2.05, 4.69) is 16.2 Å². The molecule has 0 aliphatic carbocycles. The van der Waals surface area contributed by atoms with Gasteiger partial charge in [-0.15, -0.1) is 6.42 Å². The van der Waals surface area contributed by atoms with Gasteiger partial charge in [0.15, 0.2) is 0 Å². The van der Waals surface area contributed by atoms with E-state index in [9.17, 15) is 18.0 Å². The van der Waals surface area contributed by atoms with Crippen LogP contribution in [0.2, 0.25) is 0 Å². The summed E-state index contributed by atoms with van der Waals surface area (Å²) in [5.74, 6) is 1.22. The Labute approximate surface area is 96.0 Å². The van der Waals surface area contributed by atoms with E-state index in [1.165, 1.54) is 6.92 Å². The van der Waals surface area contributed by atoms with E-state index in [1.807, 2.05) is 0 Å². The summed E-state index contributed by atoms with van der Waals surface area (Å²) in [6.07, 6.45) is 1.19. The Morgan fingerprint density at radius 2 is 2.24 bits per heavy atom. The van der Waals surface area contributed by atoms with Crippen LogP contribution in [0.15, 0.2) is 12.3 Å². The van der Waals surface area contributed by atoms with Crippen molar-refractivity contribution in [1.82, 2.24) is 10.3 Å². The number of alkyl halides is 3. The van der Waals surface area contributed by atoms with Crippen LogP contribution >= 0.6 is 0 Å². The minimum absolute atomic E-state index is 0.135. The summed E-state index contributed by atoms with van der Waals surface area (Å²) >= 11 is 0. The molecule has 0 spiro atoms. The summed E-state index contributed by atoms with van der Waals surface area (Å²) in [7, 11) is 0. The minimum atomic E-state index is -4.60. The number of rotatable bonds is 2. The fourth-order valence-corrected chi connectivity index (χ4v) is 1.20. The van der Waals surface area contributed by atoms with E-state index >= 15 is 0 Å². The summed E-state index contributed by atoms with van der Waals surface area (Å²) in [5.41, 5.74) is -1.36. The van der Waals surface area contributed by atoms with Crippen LogP contribution in [0, 0.1) is 19.3 Å². The summed E-state index contributed by atoms with van der Waals surface area (Å²) in [6.45, 7) is 1.28. The lowest BCUT2D eigenvalue weighted by Crippen LogP contribution is -2.26. The Bertz CT molecular complexity index is 475. The molecule has 0 saturated carbocycles. The van der Waals surface area contributed by atoms with E-state index in [0.717, 1.165) is 12.3 Å². The number of nitrogens with zero attached hydrogens (tertiary/aromatic N) is 1. The maximum atomic E-state index is 12.7. The van der Waals surface area contributed by atoms with Crippen LogP contribution < -0.4 is 5.32 Å². The van der Waals surface area contributed by atoms with Crippen molar-refractivity contribution in [1.29, 1.82) is 0 Å². The van der Waals surface area contributed by atoms with Crippen LogP contribution in [0.5, 0.6) is 0 Å². The number of terminal acetylenes is 1. The van der Waals surface area contributed by atoms with E-state index < -0.39 is 23.2 Å². The second kappa shape index (κ2) is 4.87. The fourth-order valence-electron chi connectivity index (χ4n) is 1.20. The van der Waals surface area contributed by atoms with Crippen LogP contribution in [0.3, 0.4) is 0 Å². The van der Waals surface area contributed by atoms with Gasteiger partial charge >= 0.3 is 6.18 Å². The van der Waals surface area contributed by atoms with Gasteiger partial charge < -0.3 is 5.32 Å². The highest BCUT2D eigenvalue weighted by Crippen LogP contribution is 2.32. The van der Waals surface area contributed by atoms with Gasteiger partial charge in [-0.3, -0.25) is 9.78 Å². The molecule has 0 bridgehead atoms. The number of hydrogen-bond acceptors (Lipinski definition) is 2. The van der Waals surface area contributed by atoms with Crippen molar-refractivity contribution in [3.63, 3.8) is 0 Å². The summed E-state index contributed by atoms with van der Waals surface area (Å²) in [5, 5.41) is 2.17. The number of aromatic nitrogens is 1. The molecular weight excluding hydrogens is 233 g/mol. The predicted molar refractivity (Wildman–Crippen MR) is 55.1 cm³/mol. The Kier molecular flexibility index (Phi) is 3.73. The number of hydrogen-bond donors (Lipinski definition) is 1. The Balaban J connectivity index is 3.16. The molecule has 90 valence electrons. The van der Waals surface area contributed by atoms with Crippen molar-refractivity contribution in [2.24, 2.45) is 0 Å². The summed E-state index contributed by atoms with van der Waals surface area (Å²) in [6, 6.07) is 0.824. The van der Waals surface area contributed by atoms with Crippen LogP contribution in [0.1, 0.15) is 21.6 Å². The van der Waals surface area contributed by atoms with E-state index in [-0.39, 0.29) is 12.2 Å². The Morgan fingerprint density at radius 1 is 1.59 bits per heavy atom. The Morgan fingerprint density at radius 3 is 2.76 bits per heavy atom. The molecule has 0 atom stereocenters. The van der Waals surface area contributed by atoms with Gasteiger partial charge in [-0.05, 0) is 13.0 Å². The van der Waals surface area contributed by atoms with E-state index in [0.29, 0.717) is 0 Å². The molecule has 1 heterocycles. The van der Waals surface area contributed by atoms with Crippen molar-refractivity contribution >= 4 is 5.91 Å². The zero-order valence-corrected chi connectivity index (χ0v) is 8.93. The summed E-state index contributed by atoms with van der Waals surface area (Å²) in [4.78, 5) is 15.1. The van der Waals surface area contributed by atoms with Gasteiger partial charge in [0.05, 0.1) is 17.7 Å². The van der Waals surface area contributed by atoms with Crippen molar-refractivity contribution in [2.75, 3.05) is 6.54 Å². The third-order valence-corrected chi connectivity index (χ3v) is 1.94. The first-order valence-corrected chi connectivity index (χ1v) is 4.61. The average Bonchev–Trinajstić information content (AvgIpc) is 2.24. The molecule has 6 heteroatoms. The molecule has 0 aliphatic heterocycles. The Hall–Kier alpha value is -2.03. The van der Waals surface area contributed by atoms with Gasteiger partial charge in [0.25, 0.3) is 5.91 Å². The molecule has 0 aromatic carbocycles. The number of aryl methyl sites for hydroxylation is 1. The monoisotopic (exact) mass is 242 g/mol. The van der Waals surface area contributed by atoms with E-state index in [4.69, 9.17) is 6.42 Å². The van der Waals surface area contributed by atoms with E-state index in [1.54, 1.807) is 0 Å². The fraction of sp³-hybridized carbons (Fsp3) is 0.273. The lowest BCUT2D eigenvalue weighted by atomic mass is 10.1. The first-order valence-electron chi connectivity index (χ1n) is 4.61. The van der Waals surface area contributed by atoms with Crippen molar-refractivity contribution < 1.29 is 18.0 Å². The number of amides is 1. The zero-order chi connectivity index (χ0) is 13.1. The molecule has 0 aliphatic rings. The van der Waals surface area contributed by atoms with Gasteiger partial charge in [0.1, 0.15) is 0 Å². The number of halogens is 3. The van der Waals surface area contributed by atoms with Gasteiger partial charge in [-0.2, -0.15) is 13.2 Å². The van der Waals surface area contributed by atoms with Crippen molar-refractivity contribution in [3.05, 3.63) is 29.1 Å². The molecule has 1 amide bonds.